The van der Waals surface area contributed by atoms with Gasteiger partial charge in [0.15, 0.2) is 0 Å². The van der Waals surface area contributed by atoms with Gasteiger partial charge in [0, 0.05) is 6.08 Å². The minimum atomic E-state index is -2.27. The minimum Gasteiger partial charge on any atom is -0.326 e. The highest BCUT2D eigenvalue weighted by molar-refractivity contribution is 5.60. The molecule has 2 unspecified atom stereocenters. The number of allylic oxidation sites excluding steroid dienone is 2. The van der Waals surface area contributed by atoms with Crippen LogP contribution in [0.1, 0.15) is 0 Å². The summed E-state index contributed by atoms with van der Waals surface area (Å²) in [6.07, 6.45) is 5.45. The van der Waals surface area contributed by atoms with E-state index in [1.807, 2.05) is 0 Å². The molecule has 0 aromatic carbocycles. The summed E-state index contributed by atoms with van der Waals surface area (Å²) in [5.41, 5.74) is -2.27. The number of hydrogen-bond acceptors (Lipinski definition) is 4. The summed E-state index contributed by atoms with van der Waals surface area (Å²) in [4.78, 5) is 19.8. The maximum absolute atomic E-state index is 10.4. The number of nitrogens with zero attached hydrogens (tertiary/aromatic N) is 1. The number of aldehydes is 1. The van der Waals surface area contributed by atoms with Crippen molar-refractivity contribution < 1.29 is 14.8 Å². The lowest BCUT2D eigenvalue weighted by Gasteiger charge is -2.20. The molecule has 0 saturated heterocycles. The van der Waals surface area contributed by atoms with E-state index < -0.39 is 16.6 Å². The standard InChI is InChI=1S/C7H7NO4/c9-5-6-3-1-2-4-7(6,10)8(11)12/h1-6,10H. The number of hydrogen-bond donors (Lipinski definition) is 1. The number of rotatable bonds is 2. The highest BCUT2D eigenvalue weighted by Gasteiger charge is 2.46. The molecule has 0 bridgehead atoms. The van der Waals surface area contributed by atoms with Gasteiger partial charge in [0.25, 0.3) is 0 Å². The van der Waals surface area contributed by atoms with Crippen LogP contribution in [0, 0.1) is 16.0 Å². The highest BCUT2D eigenvalue weighted by Crippen LogP contribution is 2.23. The lowest BCUT2D eigenvalue weighted by Crippen LogP contribution is -2.44. The lowest BCUT2D eigenvalue weighted by atomic mass is 9.93. The van der Waals surface area contributed by atoms with Crippen LogP contribution < -0.4 is 0 Å². The van der Waals surface area contributed by atoms with Gasteiger partial charge in [0.2, 0.25) is 0 Å². The molecule has 0 saturated carbocycles. The largest absolute Gasteiger partial charge is 0.355 e. The first-order valence-corrected chi connectivity index (χ1v) is 3.29. The molecule has 1 aliphatic rings. The van der Waals surface area contributed by atoms with Crippen molar-refractivity contribution in [3.05, 3.63) is 34.4 Å². The van der Waals surface area contributed by atoms with E-state index in [9.17, 15) is 20.0 Å². The fraction of sp³-hybridized carbons (Fsp3) is 0.286. The van der Waals surface area contributed by atoms with E-state index in [1.54, 1.807) is 0 Å². The molecule has 1 aliphatic carbocycles. The van der Waals surface area contributed by atoms with Crippen molar-refractivity contribution >= 4 is 6.29 Å². The zero-order valence-corrected chi connectivity index (χ0v) is 6.08. The molecule has 0 aliphatic heterocycles. The first kappa shape index (κ1) is 8.61. The maximum atomic E-state index is 10.4. The van der Waals surface area contributed by atoms with Gasteiger partial charge < -0.3 is 9.90 Å². The number of carbonyl (C=O) groups excluding carboxylic acids is 1. The summed E-state index contributed by atoms with van der Waals surface area (Å²) in [6, 6.07) is 0. The molecule has 0 heterocycles. The average Bonchev–Trinajstić information content (AvgIpc) is 2.05. The Labute approximate surface area is 68.2 Å². The molecule has 0 aromatic heterocycles. The second-order valence-corrected chi connectivity index (χ2v) is 2.45. The normalized spacial score (nSPS) is 33.2. The van der Waals surface area contributed by atoms with Gasteiger partial charge in [-0.2, -0.15) is 0 Å². The Kier molecular flexibility index (Phi) is 2.05. The molecule has 12 heavy (non-hydrogen) atoms. The van der Waals surface area contributed by atoms with Gasteiger partial charge in [-0.05, 0) is 0 Å². The van der Waals surface area contributed by atoms with Crippen LogP contribution in [0.3, 0.4) is 0 Å². The van der Waals surface area contributed by atoms with Crippen LogP contribution in [0.25, 0.3) is 0 Å². The molecule has 0 spiro atoms. The highest BCUT2D eigenvalue weighted by atomic mass is 16.7. The van der Waals surface area contributed by atoms with Crippen LogP contribution >= 0.6 is 0 Å². The van der Waals surface area contributed by atoms with Crippen molar-refractivity contribution in [3.8, 4) is 0 Å². The van der Waals surface area contributed by atoms with Crippen LogP contribution in [0.4, 0.5) is 0 Å². The molecule has 1 N–H and O–H groups in total. The molecule has 1 rings (SSSR count). The lowest BCUT2D eigenvalue weighted by molar-refractivity contribution is -0.613. The SMILES string of the molecule is O=CC1C=CC=CC1(O)[N+](=O)[O-]. The van der Waals surface area contributed by atoms with E-state index >= 15 is 0 Å². The van der Waals surface area contributed by atoms with Crippen LogP contribution in [0.5, 0.6) is 0 Å². The number of aliphatic hydroxyl groups is 1. The molecular formula is C7H7NO4. The molecule has 2 atom stereocenters. The van der Waals surface area contributed by atoms with Crippen molar-refractivity contribution in [2.75, 3.05) is 0 Å². The second-order valence-electron chi connectivity index (χ2n) is 2.45. The third-order valence-electron chi connectivity index (χ3n) is 1.70. The molecule has 5 heteroatoms. The fourth-order valence-corrected chi connectivity index (χ4v) is 0.962. The van der Waals surface area contributed by atoms with Crippen LogP contribution in [0.2, 0.25) is 0 Å². The number of nitro groups is 1. The molecule has 64 valence electrons. The van der Waals surface area contributed by atoms with Gasteiger partial charge >= 0.3 is 5.72 Å². The summed E-state index contributed by atoms with van der Waals surface area (Å²) >= 11 is 0. The smallest absolute Gasteiger partial charge is 0.326 e. The van der Waals surface area contributed by atoms with Crippen molar-refractivity contribution in [1.82, 2.24) is 0 Å². The summed E-state index contributed by atoms with van der Waals surface area (Å²) in [6.45, 7) is 0. The average molecular weight is 169 g/mol. The monoisotopic (exact) mass is 169 g/mol. The van der Waals surface area contributed by atoms with E-state index in [0.717, 1.165) is 6.08 Å². The first-order valence-electron chi connectivity index (χ1n) is 3.29. The summed E-state index contributed by atoms with van der Waals surface area (Å²) < 4.78 is 0. The van der Waals surface area contributed by atoms with Gasteiger partial charge in [-0.15, -0.1) is 0 Å². The van der Waals surface area contributed by atoms with Crippen molar-refractivity contribution in [1.29, 1.82) is 0 Å². The molecule has 0 aromatic rings. The van der Waals surface area contributed by atoms with Gasteiger partial charge in [-0.25, -0.2) is 0 Å². The Balaban J connectivity index is 3.02. The second kappa shape index (κ2) is 2.86. The topological polar surface area (TPSA) is 80.4 Å². The van der Waals surface area contributed by atoms with E-state index in [2.05, 4.69) is 0 Å². The Morgan fingerprint density at radius 2 is 2.25 bits per heavy atom. The van der Waals surface area contributed by atoms with E-state index in [4.69, 9.17) is 0 Å². The minimum absolute atomic E-state index is 0.350. The van der Waals surface area contributed by atoms with E-state index in [-0.39, 0.29) is 0 Å². The molecule has 0 amide bonds. The van der Waals surface area contributed by atoms with E-state index in [1.165, 1.54) is 18.2 Å². The third-order valence-corrected chi connectivity index (χ3v) is 1.70. The van der Waals surface area contributed by atoms with Crippen LogP contribution in [-0.4, -0.2) is 22.0 Å². The summed E-state index contributed by atoms with van der Waals surface area (Å²) in [5, 5.41) is 19.7. The third kappa shape index (κ3) is 1.14. The van der Waals surface area contributed by atoms with Crippen molar-refractivity contribution in [3.63, 3.8) is 0 Å². The first-order chi connectivity index (χ1) is 5.61. The predicted molar refractivity (Wildman–Crippen MR) is 39.8 cm³/mol. The van der Waals surface area contributed by atoms with Crippen LogP contribution in [0.15, 0.2) is 24.3 Å². The predicted octanol–water partition coefficient (Wildman–Crippen LogP) is -0.107. The molecular weight excluding hydrogens is 162 g/mol. The Morgan fingerprint density at radius 1 is 1.58 bits per heavy atom. The molecule has 5 nitrogen and oxygen atoms in total. The molecule has 0 fully saturated rings. The Hall–Kier alpha value is -1.49. The van der Waals surface area contributed by atoms with Gasteiger partial charge in [-0.1, -0.05) is 18.2 Å². The Morgan fingerprint density at radius 3 is 2.67 bits per heavy atom. The van der Waals surface area contributed by atoms with Crippen molar-refractivity contribution in [2.45, 2.75) is 5.72 Å². The quantitative estimate of drug-likeness (QED) is 0.271. The maximum Gasteiger partial charge on any atom is 0.355 e. The van der Waals surface area contributed by atoms with Gasteiger partial charge in [0.1, 0.15) is 12.2 Å². The van der Waals surface area contributed by atoms with Gasteiger partial charge in [0.05, 0.1) is 4.92 Å². The van der Waals surface area contributed by atoms with Crippen LogP contribution in [-0.2, 0) is 4.79 Å². The fourth-order valence-electron chi connectivity index (χ4n) is 0.962. The Bertz CT molecular complexity index is 271. The summed E-state index contributed by atoms with van der Waals surface area (Å²) in [5.74, 6) is -1.10. The number of carbonyl (C=O) groups is 1. The van der Waals surface area contributed by atoms with E-state index in [0.29, 0.717) is 6.29 Å². The zero-order valence-electron chi connectivity index (χ0n) is 6.08. The van der Waals surface area contributed by atoms with Gasteiger partial charge in [-0.3, -0.25) is 10.1 Å². The molecule has 0 radical (unpaired) electrons. The zero-order chi connectivity index (χ0) is 9.19. The van der Waals surface area contributed by atoms with Crippen molar-refractivity contribution in [2.24, 2.45) is 5.92 Å². The summed E-state index contributed by atoms with van der Waals surface area (Å²) in [7, 11) is 0.